The third kappa shape index (κ3) is 10.4. The Bertz CT molecular complexity index is 128. The van der Waals surface area contributed by atoms with E-state index in [1.165, 1.54) is 51.4 Å². The molecule has 0 fully saturated rings. The van der Waals surface area contributed by atoms with E-state index in [0.717, 1.165) is 13.2 Å². The number of rotatable bonds is 12. The van der Waals surface area contributed by atoms with Crippen LogP contribution in [0.25, 0.3) is 0 Å². The molecule has 0 aliphatic heterocycles. The van der Waals surface area contributed by atoms with Gasteiger partial charge in [-0.25, -0.2) is 0 Å². The number of hydrogen-bond donors (Lipinski definition) is 1. The summed E-state index contributed by atoms with van der Waals surface area (Å²) >= 11 is 0. The summed E-state index contributed by atoms with van der Waals surface area (Å²) in [5.74, 6) is 0. The fourth-order valence-corrected chi connectivity index (χ4v) is 1.99. The summed E-state index contributed by atoms with van der Waals surface area (Å²) < 4.78 is 5.11. The zero-order valence-electron chi connectivity index (χ0n) is 11.6. The van der Waals surface area contributed by atoms with Crippen molar-refractivity contribution in [3.05, 3.63) is 0 Å². The van der Waals surface area contributed by atoms with Crippen LogP contribution >= 0.6 is 0 Å². The number of nitrogens with one attached hydrogen (secondary N) is 1. The minimum atomic E-state index is 0.715. The second kappa shape index (κ2) is 13.0. The van der Waals surface area contributed by atoms with Crippen molar-refractivity contribution in [3.63, 3.8) is 0 Å². The van der Waals surface area contributed by atoms with E-state index in [1.807, 2.05) is 0 Å². The number of hydrogen-bond acceptors (Lipinski definition) is 2. The maximum absolute atomic E-state index is 5.11. The van der Waals surface area contributed by atoms with Gasteiger partial charge in [-0.2, -0.15) is 0 Å². The molecule has 1 N–H and O–H groups in total. The van der Waals surface area contributed by atoms with Gasteiger partial charge in [0.1, 0.15) is 0 Å². The lowest BCUT2D eigenvalue weighted by molar-refractivity contribution is 0.187. The third-order valence-electron chi connectivity index (χ3n) is 2.99. The molecular formula is C14H31NO. The van der Waals surface area contributed by atoms with E-state index in [4.69, 9.17) is 4.74 Å². The van der Waals surface area contributed by atoms with Crippen LogP contribution in [0.15, 0.2) is 0 Å². The van der Waals surface area contributed by atoms with Crippen molar-refractivity contribution in [1.29, 1.82) is 0 Å². The molecule has 0 aromatic carbocycles. The van der Waals surface area contributed by atoms with Crippen molar-refractivity contribution in [3.8, 4) is 0 Å². The molecule has 16 heavy (non-hydrogen) atoms. The Morgan fingerprint density at radius 2 is 1.69 bits per heavy atom. The lowest BCUT2D eigenvalue weighted by Gasteiger charge is -2.18. The van der Waals surface area contributed by atoms with E-state index in [0.29, 0.717) is 6.04 Å². The highest BCUT2D eigenvalue weighted by Gasteiger charge is 2.06. The highest BCUT2D eigenvalue weighted by molar-refractivity contribution is 4.66. The van der Waals surface area contributed by atoms with E-state index < -0.39 is 0 Å². The summed E-state index contributed by atoms with van der Waals surface area (Å²) in [5, 5.41) is 3.65. The molecule has 0 amide bonds. The maximum atomic E-state index is 5.11. The molecular weight excluding hydrogens is 198 g/mol. The summed E-state index contributed by atoms with van der Waals surface area (Å²) in [6.07, 6.45) is 10.5. The van der Waals surface area contributed by atoms with Crippen molar-refractivity contribution in [2.24, 2.45) is 0 Å². The van der Waals surface area contributed by atoms with Gasteiger partial charge in [-0.05, 0) is 32.2 Å². The Morgan fingerprint density at radius 3 is 2.31 bits per heavy atom. The van der Waals surface area contributed by atoms with Gasteiger partial charge in [-0.15, -0.1) is 0 Å². The molecule has 0 rings (SSSR count). The molecule has 98 valence electrons. The van der Waals surface area contributed by atoms with E-state index in [-0.39, 0.29) is 0 Å². The highest BCUT2D eigenvalue weighted by Crippen LogP contribution is 2.09. The van der Waals surface area contributed by atoms with Crippen molar-refractivity contribution in [2.75, 3.05) is 20.3 Å². The average Bonchev–Trinajstić information content (AvgIpc) is 2.31. The molecule has 0 aliphatic carbocycles. The van der Waals surface area contributed by atoms with Crippen LogP contribution in [0.3, 0.4) is 0 Å². The van der Waals surface area contributed by atoms with Gasteiger partial charge >= 0.3 is 0 Å². The predicted molar refractivity (Wildman–Crippen MR) is 72.0 cm³/mol. The van der Waals surface area contributed by atoms with Gasteiger partial charge in [0.25, 0.3) is 0 Å². The number of unbranched alkanes of at least 4 members (excludes halogenated alkanes) is 3. The topological polar surface area (TPSA) is 21.3 Å². The van der Waals surface area contributed by atoms with E-state index in [9.17, 15) is 0 Å². The zero-order chi connectivity index (χ0) is 12.1. The quantitative estimate of drug-likeness (QED) is 0.515. The van der Waals surface area contributed by atoms with Gasteiger partial charge in [0.2, 0.25) is 0 Å². The minimum Gasteiger partial charge on any atom is -0.385 e. The standard InChI is InChI=1S/C14H31NO/c1-4-6-7-8-10-14(15-12-5-2)11-9-13-16-3/h14-15H,4-13H2,1-3H3. The van der Waals surface area contributed by atoms with Gasteiger partial charge in [0, 0.05) is 19.8 Å². The minimum absolute atomic E-state index is 0.715. The molecule has 2 nitrogen and oxygen atoms in total. The van der Waals surface area contributed by atoms with Gasteiger partial charge in [0.05, 0.1) is 0 Å². The largest absolute Gasteiger partial charge is 0.385 e. The van der Waals surface area contributed by atoms with Gasteiger partial charge < -0.3 is 10.1 Å². The van der Waals surface area contributed by atoms with Crippen LogP contribution in [0.4, 0.5) is 0 Å². The third-order valence-corrected chi connectivity index (χ3v) is 2.99. The van der Waals surface area contributed by atoms with Crippen LogP contribution in [0, 0.1) is 0 Å². The summed E-state index contributed by atoms with van der Waals surface area (Å²) in [5.41, 5.74) is 0. The first-order valence-electron chi connectivity index (χ1n) is 7.07. The molecule has 2 heteroatoms. The first-order valence-corrected chi connectivity index (χ1v) is 7.07. The Hall–Kier alpha value is -0.0800. The SMILES string of the molecule is CCCCCCC(CCCOC)NCCC. The monoisotopic (exact) mass is 229 g/mol. The van der Waals surface area contributed by atoms with Crippen molar-refractivity contribution >= 4 is 0 Å². The molecule has 0 aromatic rings. The molecule has 0 saturated carbocycles. The van der Waals surface area contributed by atoms with Crippen LogP contribution in [0.5, 0.6) is 0 Å². The van der Waals surface area contributed by atoms with Crippen LogP contribution in [-0.4, -0.2) is 26.3 Å². The normalized spacial score (nSPS) is 12.9. The number of methoxy groups -OCH3 is 1. The van der Waals surface area contributed by atoms with Crippen LogP contribution in [0.1, 0.15) is 65.2 Å². The lowest BCUT2D eigenvalue weighted by Crippen LogP contribution is -2.30. The molecule has 0 heterocycles. The molecule has 0 saturated heterocycles. The van der Waals surface area contributed by atoms with Gasteiger partial charge in [-0.1, -0.05) is 39.5 Å². The first-order chi connectivity index (χ1) is 7.85. The van der Waals surface area contributed by atoms with Gasteiger partial charge in [0.15, 0.2) is 0 Å². The molecule has 0 aromatic heterocycles. The van der Waals surface area contributed by atoms with Crippen molar-refractivity contribution in [1.82, 2.24) is 5.32 Å². The van der Waals surface area contributed by atoms with Crippen LogP contribution < -0.4 is 5.32 Å². The van der Waals surface area contributed by atoms with Crippen LogP contribution in [-0.2, 0) is 4.74 Å². The second-order valence-electron chi connectivity index (χ2n) is 4.64. The highest BCUT2D eigenvalue weighted by atomic mass is 16.5. The Morgan fingerprint density at radius 1 is 0.938 bits per heavy atom. The first kappa shape index (κ1) is 15.9. The summed E-state index contributed by atoms with van der Waals surface area (Å²) in [7, 11) is 1.79. The fraction of sp³-hybridized carbons (Fsp3) is 1.00. The van der Waals surface area contributed by atoms with E-state index in [2.05, 4.69) is 19.2 Å². The maximum Gasteiger partial charge on any atom is 0.0462 e. The summed E-state index contributed by atoms with van der Waals surface area (Å²) in [4.78, 5) is 0. The smallest absolute Gasteiger partial charge is 0.0462 e. The number of ether oxygens (including phenoxy) is 1. The van der Waals surface area contributed by atoms with Gasteiger partial charge in [-0.3, -0.25) is 0 Å². The summed E-state index contributed by atoms with van der Waals surface area (Å²) in [6.45, 7) is 6.56. The van der Waals surface area contributed by atoms with E-state index in [1.54, 1.807) is 7.11 Å². The molecule has 0 spiro atoms. The van der Waals surface area contributed by atoms with Crippen LogP contribution in [0.2, 0.25) is 0 Å². The molecule has 1 atom stereocenters. The molecule has 0 bridgehead atoms. The average molecular weight is 229 g/mol. The second-order valence-corrected chi connectivity index (χ2v) is 4.64. The molecule has 0 radical (unpaired) electrons. The Labute approximate surface area is 102 Å². The fourth-order valence-electron chi connectivity index (χ4n) is 1.99. The lowest BCUT2D eigenvalue weighted by atomic mass is 10.0. The molecule has 1 unspecified atom stereocenters. The Kier molecular flexibility index (Phi) is 12.9. The zero-order valence-corrected chi connectivity index (χ0v) is 11.6. The van der Waals surface area contributed by atoms with Crippen molar-refractivity contribution in [2.45, 2.75) is 71.3 Å². The van der Waals surface area contributed by atoms with E-state index >= 15 is 0 Å². The van der Waals surface area contributed by atoms with Crippen molar-refractivity contribution < 1.29 is 4.74 Å². The molecule has 0 aliphatic rings. The predicted octanol–water partition coefficient (Wildman–Crippen LogP) is 3.75. The summed E-state index contributed by atoms with van der Waals surface area (Å²) in [6, 6.07) is 0.715. The Balaban J connectivity index is 3.54.